The summed E-state index contributed by atoms with van der Waals surface area (Å²) in [6, 6.07) is 2.33. The predicted octanol–water partition coefficient (Wildman–Crippen LogP) is 1.41. The van der Waals surface area contributed by atoms with Gasteiger partial charge in [0, 0.05) is 23.4 Å². The van der Waals surface area contributed by atoms with Crippen LogP contribution in [0.2, 0.25) is 0 Å². The van der Waals surface area contributed by atoms with Crippen LogP contribution in [0.3, 0.4) is 0 Å². The normalized spacial score (nSPS) is 13.8. The summed E-state index contributed by atoms with van der Waals surface area (Å²) in [4.78, 5) is 37.3. The quantitative estimate of drug-likeness (QED) is 0.738. The van der Waals surface area contributed by atoms with Crippen LogP contribution < -0.4 is 10.9 Å². The number of carbonyl (C=O) groups is 2. The summed E-state index contributed by atoms with van der Waals surface area (Å²) in [5, 5.41) is 11.5. The van der Waals surface area contributed by atoms with Gasteiger partial charge in [0.05, 0.1) is 5.92 Å². The molecule has 6 heteroatoms. The Balaban J connectivity index is 2.90. The molecule has 116 valence electrons. The van der Waals surface area contributed by atoms with E-state index < -0.39 is 23.8 Å². The molecule has 0 bridgehead atoms. The number of nitrogens with one attached hydrogen (secondary N) is 2. The maximum Gasteiger partial charge on any atom is 0.308 e. The van der Waals surface area contributed by atoms with Crippen molar-refractivity contribution in [2.45, 2.75) is 40.2 Å². The van der Waals surface area contributed by atoms with Gasteiger partial charge in [-0.3, -0.25) is 14.4 Å². The molecule has 2 atom stereocenters. The van der Waals surface area contributed by atoms with Gasteiger partial charge >= 0.3 is 5.97 Å². The number of aromatic amines is 1. The van der Waals surface area contributed by atoms with Crippen molar-refractivity contribution in [3.63, 3.8) is 0 Å². The highest BCUT2D eigenvalue weighted by molar-refractivity contribution is 5.94. The first kappa shape index (κ1) is 16.9. The van der Waals surface area contributed by atoms with Crippen molar-refractivity contribution in [2.24, 2.45) is 11.8 Å². The minimum Gasteiger partial charge on any atom is -0.481 e. The fourth-order valence-electron chi connectivity index (χ4n) is 1.91. The van der Waals surface area contributed by atoms with Gasteiger partial charge < -0.3 is 15.4 Å². The molecule has 0 aliphatic heterocycles. The Bertz CT molecular complexity index is 577. The monoisotopic (exact) mass is 294 g/mol. The maximum absolute atomic E-state index is 12.1. The Hall–Kier alpha value is -2.11. The van der Waals surface area contributed by atoms with E-state index in [1.807, 2.05) is 13.8 Å². The molecule has 0 aliphatic rings. The SMILES string of the molecule is CC(C)Cc1cc(C(=O)NC(C)C(C)C(=O)O)cc(=O)[nH]1. The molecule has 1 aromatic heterocycles. The molecule has 0 aliphatic carbocycles. The molecule has 1 heterocycles. The molecule has 2 unspecified atom stereocenters. The molecule has 21 heavy (non-hydrogen) atoms. The van der Waals surface area contributed by atoms with Gasteiger partial charge in [0.2, 0.25) is 5.56 Å². The van der Waals surface area contributed by atoms with Crippen molar-refractivity contribution in [1.82, 2.24) is 10.3 Å². The molecule has 0 radical (unpaired) electrons. The highest BCUT2D eigenvalue weighted by Gasteiger charge is 2.21. The number of carbonyl (C=O) groups excluding carboxylic acids is 1. The van der Waals surface area contributed by atoms with Crippen molar-refractivity contribution in [1.29, 1.82) is 0 Å². The molecule has 0 saturated heterocycles. The van der Waals surface area contributed by atoms with Crippen molar-refractivity contribution >= 4 is 11.9 Å². The van der Waals surface area contributed by atoms with E-state index in [1.54, 1.807) is 13.0 Å². The summed E-state index contributed by atoms with van der Waals surface area (Å²) < 4.78 is 0. The van der Waals surface area contributed by atoms with Crippen LogP contribution in [-0.4, -0.2) is 28.0 Å². The number of pyridine rings is 1. The van der Waals surface area contributed by atoms with Crippen LogP contribution in [0.25, 0.3) is 0 Å². The molecule has 3 N–H and O–H groups in total. The third-order valence-electron chi connectivity index (χ3n) is 3.29. The van der Waals surface area contributed by atoms with Crippen LogP contribution in [-0.2, 0) is 11.2 Å². The van der Waals surface area contributed by atoms with E-state index in [9.17, 15) is 14.4 Å². The first-order valence-electron chi connectivity index (χ1n) is 6.97. The predicted molar refractivity (Wildman–Crippen MR) is 79.3 cm³/mol. The van der Waals surface area contributed by atoms with Crippen molar-refractivity contribution in [3.8, 4) is 0 Å². The van der Waals surface area contributed by atoms with E-state index in [4.69, 9.17) is 5.11 Å². The van der Waals surface area contributed by atoms with Crippen LogP contribution >= 0.6 is 0 Å². The second kappa shape index (κ2) is 7.06. The van der Waals surface area contributed by atoms with E-state index in [0.29, 0.717) is 18.0 Å². The Morgan fingerprint density at radius 3 is 2.38 bits per heavy atom. The molecule has 0 fully saturated rings. The summed E-state index contributed by atoms with van der Waals surface area (Å²) in [5.41, 5.74) is 0.609. The Kier molecular flexibility index (Phi) is 5.69. The van der Waals surface area contributed by atoms with Gasteiger partial charge in [0.25, 0.3) is 5.91 Å². The first-order valence-corrected chi connectivity index (χ1v) is 6.97. The fourth-order valence-corrected chi connectivity index (χ4v) is 1.91. The van der Waals surface area contributed by atoms with Crippen LogP contribution in [0.5, 0.6) is 0 Å². The van der Waals surface area contributed by atoms with Crippen LogP contribution in [0.15, 0.2) is 16.9 Å². The zero-order valence-corrected chi connectivity index (χ0v) is 12.8. The van der Waals surface area contributed by atoms with Crippen LogP contribution in [0.4, 0.5) is 0 Å². The second-order valence-corrected chi connectivity index (χ2v) is 5.75. The molecule has 1 aromatic rings. The van der Waals surface area contributed by atoms with Crippen molar-refractivity contribution < 1.29 is 14.7 Å². The number of aromatic nitrogens is 1. The third kappa shape index (κ3) is 5.06. The van der Waals surface area contributed by atoms with E-state index >= 15 is 0 Å². The van der Waals surface area contributed by atoms with Crippen LogP contribution in [0.1, 0.15) is 43.7 Å². The van der Waals surface area contributed by atoms with Crippen molar-refractivity contribution in [3.05, 3.63) is 33.7 Å². The van der Waals surface area contributed by atoms with Gasteiger partial charge in [0.15, 0.2) is 0 Å². The minimum absolute atomic E-state index is 0.249. The fraction of sp³-hybridized carbons (Fsp3) is 0.533. The van der Waals surface area contributed by atoms with Crippen molar-refractivity contribution in [2.75, 3.05) is 0 Å². The Labute approximate surface area is 123 Å². The molecule has 0 saturated carbocycles. The Morgan fingerprint density at radius 1 is 1.24 bits per heavy atom. The van der Waals surface area contributed by atoms with E-state index in [0.717, 1.165) is 0 Å². The number of H-pyrrole nitrogens is 1. The van der Waals surface area contributed by atoms with Gasteiger partial charge in [-0.1, -0.05) is 13.8 Å². The number of carboxylic acids is 1. The van der Waals surface area contributed by atoms with Gasteiger partial charge in [-0.05, 0) is 32.3 Å². The van der Waals surface area contributed by atoms with Crippen LogP contribution in [0, 0.1) is 11.8 Å². The summed E-state index contributed by atoms with van der Waals surface area (Å²) in [7, 11) is 0. The summed E-state index contributed by atoms with van der Waals surface area (Å²) in [6.07, 6.45) is 0.664. The lowest BCUT2D eigenvalue weighted by Crippen LogP contribution is -2.40. The molecule has 6 nitrogen and oxygen atoms in total. The van der Waals surface area contributed by atoms with Gasteiger partial charge in [-0.25, -0.2) is 0 Å². The average molecular weight is 294 g/mol. The number of aliphatic carboxylic acids is 1. The molecule has 0 aromatic carbocycles. The van der Waals surface area contributed by atoms with E-state index in [1.165, 1.54) is 13.0 Å². The lowest BCUT2D eigenvalue weighted by Gasteiger charge is -2.18. The summed E-state index contributed by atoms with van der Waals surface area (Å²) in [5.74, 6) is -1.77. The molecule has 1 amide bonds. The maximum atomic E-state index is 12.1. The molecular weight excluding hydrogens is 272 g/mol. The molecule has 0 spiro atoms. The lowest BCUT2D eigenvalue weighted by molar-refractivity contribution is -0.141. The van der Waals surface area contributed by atoms with Gasteiger partial charge in [-0.2, -0.15) is 0 Å². The third-order valence-corrected chi connectivity index (χ3v) is 3.29. The number of hydrogen-bond acceptors (Lipinski definition) is 3. The topological polar surface area (TPSA) is 99.3 Å². The van der Waals surface area contributed by atoms with E-state index in [2.05, 4.69) is 10.3 Å². The highest BCUT2D eigenvalue weighted by atomic mass is 16.4. The second-order valence-electron chi connectivity index (χ2n) is 5.75. The lowest BCUT2D eigenvalue weighted by atomic mass is 10.0. The molecule has 1 rings (SSSR count). The standard InChI is InChI=1S/C15H22N2O4/c1-8(2)5-12-6-11(7-13(18)17-12)14(19)16-10(4)9(3)15(20)21/h6-10H,5H2,1-4H3,(H,16,19)(H,17,18)(H,20,21). The van der Waals surface area contributed by atoms with Gasteiger partial charge in [-0.15, -0.1) is 0 Å². The highest BCUT2D eigenvalue weighted by Crippen LogP contribution is 2.08. The van der Waals surface area contributed by atoms with Gasteiger partial charge in [0.1, 0.15) is 0 Å². The largest absolute Gasteiger partial charge is 0.481 e. The number of hydrogen-bond donors (Lipinski definition) is 3. The summed E-state index contributed by atoms with van der Waals surface area (Å²) in [6.45, 7) is 7.18. The number of amides is 1. The molecular formula is C15H22N2O4. The minimum atomic E-state index is -0.978. The zero-order valence-electron chi connectivity index (χ0n) is 12.8. The zero-order chi connectivity index (χ0) is 16.2. The summed E-state index contributed by atoms with van der Waals surface area (Å²) >= 11 is 0. The van der Waals surface area contributed by atoms with E-state index in [-0.39, 0.29) is 11.1 Å². The average Bonchev–Trinajstić information content (AvgIpc) is 2.35. The Morgan fingerprint density at radius 2 is 1.86 bits per heavy atom. The smallest absolute Gasteiger partial charge is 0.308 e. The number of carboxylic acid groups (broad SMARTS) is 1. The number of rotatable bonds is 6. The first-order chi connectivity index (χ1) is 9.70.